The molecule has 0 unspecified atom stereocenters. The van der Waals surface area contributed by atoms with E-state index >= 15 is 0 Å². The van der Waals surface area contributed by atoms with Crippen molar-refractivity contribution in [3.8, 4) is 0 Å². The molecule has 1 aromatic rings. The molecule has 1 aliphatic heterocycles. The third-order valence-electron chi connectivity index (χ3n) is 4.74. The van der Waals surface area contributed by atoms with E-state index in [9.17, 15) is 4.79 Å². The third-order valence-corrected chi connectivity index (χ3v) is 4.74. The number of carbonyl (C=O) groups excluding carboxylic acids is 1. The van der Waals surface area contributed by atoms with Gasteiger partial charge in [0, 0.05) is 12.0 Å². The highest BCUT2D eigenvalue weighted by atomic mass is 16.1. The molecule has 0 aliphatic carbocycles. The van der Waals surface area contributed by atoms with Crippen molar-refractivity contribution < 1.29 is 4.79 Å². The van der Waals surface area contributed by atoms with Gasteiger partial charge in [0.2, 0.25) is 5.91 Å². The topological polar surface area (TPSA) is 32.3 Å². The van der Waals surface area contributed by atoms with Gasteiger partial charge in [-0.1, -0.05) is 37.3 Å². The number of carbonyl (C=O) groups is 1. The number of likely N-dealkylation sites (tertiary alicyclic amines) is 1. The maximum atomic E-state index is 12.1. The lowest BCUT2D eigenvalue weighted by Crippen LogP contribution is -2.43. The van der Waals surface area contributed by atoms with E-state index in [1.165, 1.54) is 12.0 Å². The number of aryl methyl sites for hydroxylation is 1. The van der Waals surface area contributed by atoms with Crippen molar-refractivity contribution in [2.75, 3.05) is 19.6 Å². The van der Waals surface area contributed by atoms with E-state index in [0.717, 1.165) is 45.3 Å². The monoisotopic (exact) mass is 302 g/mol. The normalized spacial score (nSPS) is 18.1. The molecule has 1 heterocycles. The zero-order valence-electron chi connectivity index (χ0n) is 14.1. The highest BCUT2D eigenvalue weighted by Gasteiger charge is 2.25. The lowest BCUT2D eigenvalue weighted by Gasteiger charge is -2.31. The molecule has 3 heteroatoms. The van der Waals surface area contributed by atoms with Gasteiger partial charge in [0.15, 0.2) is 0 Å². The van der Waals surface area contributed by atoms with Gasteiger partial charge in [0.05, 0.1) is 0 Å². The fourth-order valence-corrected chi connectivity index (χ4v) is 3.03. The van der Waals surface area contributed by atoms with Crippen LogP contribution in [0, 0.1) is 5.92 Å². The summed E-state index contributed by atoms with van der Waals surface area (Å²) in [6.07, 6.45) is 5.37. The molecule has 0 radical (unpaired) electrons. The smallest absolute Gasteiger partial charge is 0.223 e. The lowest BCUT2D eigenvalue weighted by molar-refractivity contribution is -0.127. The molecule has 1 aromatic carbocycles. The fourth-order valence-electron chi connectivity index (χ4n) is 3.03. The van der Waals surface area contributed by atoms with Crippen LogP contribution in [0.3, 0.4) is 0 Å². The van der Waals surface area contributed by atoms with Crippen LogP contribution in [-0.4, -0.2) is 36.5 Å². The van der Waals surface area contributed by atoms with Crippen LogP contribution < -0.4 is 5.32 Å². The summed E-state index contributed by atoms with van der Waals surface area (Å²) in [5.41, 5.74) is 1.42. The summed E-state index contributed by atoms with van der Waals surface area (Å²) in [6.45, 7) is 7.46. The molecule has 1 N–H and O–H groups in total. The van der Waals surface area contributed by atoms with Gasteiger partial charge in [-0.2, -0.15) is 0 Å². The molecule has 122 valence electrons. The van der Waals surface area contributed by atoms with E-state index in [0.29, 0.717) is 6.04 Å². The molecular formula is C19H30N2O. The minimum Gasteiger partial charge on any atom is -0.353 e. The van der Waals surface area contributed by atoms with Crippen molar-refractivity contribution in [1.29, 1.82) is 0 Å². The Bertz CT molecular complexity index is 438. The molecule has 1 aliphatic rings. The third kappa shape index (κ3) is 5.45. The van der Waals surface area contributed by atoms with Crippen LogP contribution in [0.4, 0.5) is 0 Å². The Hall–Kier alpha value is -1.35. The molecular weight excluding hydrogens is 272 g/mol. The van der Waals surface area contributed by atoms with Crippen molar-refractivity contribution in [2.45, 2.75) is 52.0 Å². The molecule has 1 atom stereocenters. The average Bonchev–Trinajstić information content (AvgIpc) is 2.56. The summed E-state index contributed by atoms with van der Waals surface area (Å²) >= 11 is 0. The van der Waals surface area contributed by atoms with Gasteiger partial charge >= 0.3 is 0 Å². The Kier molecular flexibility index (Phi) is 6.91. The number of nitrogens with zero attached hydrogens (tertiary/aromatic N) is 1. The van der Waals surface area contributed by atoms with Crippen molar-refractivity contribution in [2.24, 2.45) is 5.92 Å². The van der Waals surface area contributed by atoms with Crippen molar-refractivity contribution in [3.05, 3.63) is 35.9 Å². The van der Waals surface area contributed by atoms with Gasteiger partial charge in [-0.15, -0.1) is 0 Å². The van der Waals surface area contributed by atoms with E-state index in [2.05, 4.69) is 54.4 Å². The maximum absolute atomic E-state index is 12.1. The van der Waals surface area contributed by atoms with Crippen LogP contribution in [0.2, 0.25) is 0 Å². The molecule has 2 rings (SSSR count). The van der Waals surface area contributed by atoms with Crippen LogP contribution in [0.15, 0.2) is 30.3 Å². The number of hydrogen-bond donors (Lipinski definition) is 1. The molecule has 0 aromatic heterocycles. The van der Waals surface area contributed by atoms with E-state index in [4.69, 9.17) is 0 Å². The van der Waals surface area contributed by atoms with Gasteiger partial charge in [0.1, 0.15) is 0 Å². The van der Waals surface area contributed by atoms with Gasteiger partial charge in [0.25, 0.3) is 0 Å². The Morgan fingerprint density at radius 2 is 1.95 bits per heavy atom. The molecule has 0 bridgehead atoms. The van der Waals surface area contributed by atoms with Gasteiger partial charge < -0.3 is 10.2 Å². The van der Waals surface area contributed by atoms with E-state index < -0.39 is 0 Å². The van der Waals surface area contributed by atoms with Crippen molar-refractivity contribution >= 4 is 5.91 Å². The fraction of sp³-hybridized carbons (Fsp3) is 0.632. The number of hydrogen-bond acceptors (Lipinski definition) is 2. The molecule has 1 amide bonds. The van der Waals surface area contributed by atoms with Crippen LogP contribution in [-0.2, 0) is 11.2 Å². The largest absolute Gasteiger partial charge is 0.353 e. The molecule has 1 saturated heterocycles. The van der Waals surface area contributed by atoms with Gasteiger partial charge in [-0.3, -0.25) is 4.79 Å². The second-order valence-electron chi connectivity index (χ2n) is 6.52. The minimum absolute atomic E-state index is 0.222. The van der Waals surface area contributed by atoms with E-state index in [1.807, 2.05) is 0 Å². The molecule has 0 spiro atoms. The first kappa shape index (κ1) is 17.0. The summed E-state index contributed by atoms with van der Waals surface area (Å²) in [5, 5.41) is 3.12. The molecule has 22 heavy (non-hydrogen) atoms. The lowest BCUT2D eigenvalue weighted by atomic mass is 9.95. The molecule has 1 fully saturated rings. The minimum atomic E-state index is 0.222. The highest BCUT2D eigenvalue weighted by molar-refractivity contribution is 5.79. The number of piperidine rings is 1. The predicted octanol–water partition coefficient (Wildman–Crippen LogP) is 3.25. The average molecular weight is 302 g/mol. The number of rotatable bonds is 7. The Balaban J connectivity index is 1.64. The number of benzene rings is 1. The number of amides is 1. The Morgan fingerprint density at radius 3 is 2.59 bits per heavy atom. The molecule has 3 nitrogen and oxygen atoms in total. The van der Waals surface area contributed by atoms with Gasteiger partial charge in [-0.05, 0) is 64.2 Å². The summed E-state index contributed by atoms with van der Waals surface area (Å²) < 4.78 is 0. The number of nitrogens with one attached hydrogen (secondary N) is 1. The van der Waals surface area contributed by atoms with E-state index in [1.54, 1.807) is 0 Å². The first-order chi connectivity index (χ1) is 10.7. The maximum Gasteiger partial charge on any atom is 0.223 e. The zero-order valence-corrected chi connectivity index (χ0v) is 14.1. The second-order valence-corrected chi connectivity index (χ2v) is 6.52. The van der Waals surface area contributed by atoms with Gasteiger partial charge in [-0.25, -0.2) is 0 Å². The predicted molar refractivity (Wildman–Crippen MR) is 91.8 cm³/mol. The SMILES string of the molecule is CC[C@@H](C)NC(=O)C1CCN(CCCc2ccccc2)CC1. The summed E-state index contributed by atoms with van der Waals surface area (Å²) in [5.74, 6) is 0.484. The van der Waals surface area contributed by atoms with Crippen LogP contribution in [0.5, 0.6) is 0 Å². The first-order valence-electron chi connectivity index (χ1n) is 8.75. The molecule has 0 saturated carbocycles. The quantitative estimate of drug-likeness (QED) is 0.838. The van der Waals surface area contributed by atoms with Crippen LogP contribution in [0.25, 0.3) is 0 Å². The highest BCUT2D eigenvalue weighted by Crippen LogP contribution is 2.18. The Morgan fingerprint density at radius 1 is 1.27 bits per heavy atom. The Labute approximate surface area is 135 Å². The van der Waals surface area contributed by atoms with E-state index in [-0.39, 0.29) is 11.8 Å². The summed E-state index contributed by atoms with van der Waals surface area (Å²) in [6, 6.07) is 11.0. The standard InChI is InChI=1S/C19H30N2O/c1-3-16(2)20-19(22)18-11-14-21(15-12-18)13-7-10-17-8-5-4-6-9-17/h4-6,8-9,16,18H,3,7,10-15H2,1-2H3,(H,20,22)/t16-/m1/s1. The summed E-state index contributed by atoms with van der Waals surface area (Å²) in [4.78, 5) is 14.7. The second kappa shape index (κ2) is 8.94. The zero-order chi connectivity index (χ0) is 15.8. The van der Waals surface area contributed by atoms with Crippen molar-refractivity contribution in [1.82, 2.24) is 10.2 Å². The summed E-state index contributed by atoms with van der Waals surface area (Å²) in [7, 11) is 0. The van der Waals surface area contributed by atoms with Crippen molar-refractivity contribution in [3.63, 3.8) is 0 Å². The first-order valence-corrected chi connectivity index (χ1v) is 8.75. The van der Waals surface area contributed by atoms with Crippen LogP contribution in [0.1, 0.15) is 45.1 Å². The van der Waals surface area contributed by atoms with Crippen LogP contribution >= 0.6 is 0 Å².